The normalized spacial score (nSPS) is 10.9. The van der Waals surface area contributed by atoms with Crippen LogP contribution in [0.2, 0.25) is 0 Å². The van der Waals surface area contributed by atoms with E-state index in [9.17, 15) is 13.6 Å². The van der Waals surface area contributed by atoms with Gasteiger partial charge in [0.25, 0.3) is 5.76 Å². The van der Waals surface area contributed by atoms with E-state index in [0.29, 0.717) is 27.9 Å². The van der Waals surface area contributed by atoms with Crippen molar-refractivity contribution < 1.29 is 18.7 Å². The van der Waals surface area contributed by atoms with Gasteiger partial charge in [0.15, 0.2) is 5.69 Å². The van der Waals surface area contributed by atoms with Gasteiger partial charge in [-0.05, 0) is 18.2 Å². The van der Waals surface area contributed by atoms with Gasteiger partial charge in [0.1, 0.15) is 0 Å². The van der Waals surface area contributed by atoms with Crippen molar-refractivity contribution in [1.82, 2.24) is 9.78 Å². The molecule has 7 heteroatoms. The summed E-state index contributed by atoms with van der Waals surface area (Å²) in [6, 6.07) is 7.94. The molecule has 0 fully saturated rings. The number of aromatic nitrogens is 2. The Labute approximate surface area is 112 Å². The summed E-state index contributed by atoms with van der Waals surface area (Å²) < 4.78 is 26.0. The molecule has 0 saturated carbocycles. The summed E-state index contributed by atoms with van der Waals surface area (Å²) in [7, 11) is 1.61. The molecular formula is C12H10F2N2O2S. The van der Waals surface area contributed by atoms with Crippen LogP contribution >= 0.6 is 11.8 Å². The fraction of sp³-hybridized carbons (Fsp3) is 0.167. The number of aromatic carboxylic acids is 1. The third-order valence-corrected chi connectivity index (χ3v) is 3.16. The van der Waals surface area contributed by atoms with Crippen LogP contribution in [0.3, 0.4) is 0 Å². The first-order chi connectivity index (χ1) is 8.97. The van der Waals surface area contributed by atoms with Gasteiger partial charge in [-0.2, -0.15) is 13.9 Å². The minimum absolute atomic E-state index is 0.0792. The Balaban J connectivity index is 2.38. The van der Waals surface area contributed by atoms with Crippen LogP contribution in [0, 0.1) is 0 Å². The van der Waals surface area contributed by atoms with E-state index in [1.807, 2.05) is 0 Å². The number of carbonyl (C=O) groups is 1. The van der Waals surface area contributed by atoms with Crippen molar-refractivity contribution in [3.63, 3.8) is 0 Å². The molecule has 0 radical (unpaired) electrons. The van der Waals surface area contributed by atoms with Crippen LogP contribution < -0.4 is 0 Å². The van der Waals surface area contributed by atoms with E-state index in [4.69, 9.17) is 5.11 Å². The number of carboxylic acids is 1. The van der Waals surface area contributed by atoms with E-state index in [0.717, 1.165) is 0 Å². The molecule has 4 nitrogen and oxygen atoms in total. The smallest absolute Gasteiger partial charge is 0.356 e. The van der Waals surface area contributed by atoms with Gasteiger partial charge >= 0.3 is 5.97 Å². The first kappa shape index (κ1) is 13.5. The van der Waals surface area contributed by atoms with E-state index in [-0.39, 0.29) is 5.69 Å². The van der Waals surface area contributed by atoms with Crippen molar-refractivity contribution in [2.24, 2.45) is 7.05 Å². The molecule has 0 aliphatic carbocycles. The lowest BCUT2D eigenvalue weighted by atomic mass is 10.1. The number of aryl methyl sites for hydroxylation is 1. The Morgan fingerprint density at radius 3 is 2.74 bits per heavy atom. The number of thioether (sulfide) groups is 1. The Bertz CT molecular complexity index is 614. The van der Waals surface area contributed by atoms with Crippen LogP contribution in [0.15, 0.2) is 35.2 Å². The zero-order valence-corrected chi connectivity index (χ0v) is 10.7. The van der Waals surface area contributed by atoms with Crippen molar-refractivity contribution >= 4 is 17.7 Å². The molecule has 0 aliphatic rings. The Hall–Kier alpha value is -1.89. The molecule has 100 valence electrons. The lowest BCUT2D eigenvalue weighted by molar-refractivity contribution is 0.0689. The largest absolute Gasteiger partial charge is 0.476 e. The summed E-state index contributed by atoms with van der Waals surface area (Å²) in [5.41, 5.74) is 1.13. The van der Waals surface area contributed by atoms with Gasteiger partial charge in [-0.25, -0.2) is 4.79 Å². The van der Waals surface area contributed by atoms with Crippen LogP contribution in [0.25, 0.3) is 11.3 Å². The van der Waals surface area contributed by atoms with E-state index >= 15 is 0 Å². The first-order valence-corrected chi connectivity index (χ1v) is 6.18. The van der Waals surface area contributed by atoms with Gasteiger partial charge in [-0.3, -0.25) is 4.68 Å². The lowest BCUT2D eigenvalue weighted by Crippen LogP contribution is -1.99. The number of hydrogen-bond acceptors (Lipinski definition) is 3. The lowest BCUT2D eigenvalue weighted by Gasteiger charge is -2.04. The third-order valence-electron chi connectivity index (χ3n) is 2.45. The molecule has 0 bridgehead atoms. The molecule has 0 spiro atoms. The summed E-state index contributed by atoms with van der Waals surface area (Å²) in [5.74, 6) is -3.61. The van der Waals surface area contributed by atoms with Crippen molar-refractivity contribution in [3.05, 3.63) is 36.0 Å². The summed E-state index contributed by atoms with van der Waals surface area (Å²) in [4.78, 5) is 11.3. The Kier molecular flexibility index (Phi) is 3.84. The molecule has 0 saturated heterocycles. The molecule has 1 heterocycles. The number of benzene rings is 1. The standard InChI is InChI=1S/C12H10F2N2O2S/c1-16-10(6-9(15-16)11(17)18)7-3-2-4-8(5-7)19-12(13)14/h2-6,12H,1H3,(H,17,18). The topological polar surface area (TPSA) is 55.1 Å². The Morgan fingerprint density at radius 2 is 2.16 bits per heavy atom. The summed E-state index contributed by atoms with van der Waals surface area (Å²) in [6.45, 7) is 0. The molecule has 0 atom stereocenters. The maximum absolute atomic E-state index is 12.3. The van der Waals surface area contributed by atoms with Crippen molar-refractivity contribution in [1.29, 1.82) is 0 Å². The highest BCUT2D eigenvalue weighted by molar-refractivity contribution is 7.99. The van der Waals surface area contributed by atoms with Crippen LogP contribution in [0.1, 0.15) is 10.5 Å². The van der Waals surface area contributed by atoms with Gasteiger partial charge in [0, 0.05) is 17.5 Å². The maximum Gasteiger partial charge on any atom is 0.356 e. The average molecular weight is 284 g/mol. The predicted octanol–water partition coefficient (Wildman–Crippen LogP) is 3.10. The monoisotopic (exact) mass is 284 g/mol. The SMILES string of the molecule is Cn1nc(C(=O)O)cc1-c1cccc(SC(F)F)c1. The number of hydrogen-bond donors (Lipinski definition) is 1. The van der Waals surface area contributed by atoms with Crippen molar-refractivity contribution in [2.45, 2.75) is 10.7 Å². The molecular weight excluding hydrogens is 274 g/mol. The molecule has 2 aromatic rings. The second kappa shape index (κ2) is 5.40. The second-order valence-corrected chi connectivity index (χ2v) is 4.81. The fourth-order valence-corrected chi connectivity index (χ4v) is 2.23. The maximum atomic E-state index is 12.3. The van der Waals surface area contributed by atoms with Crippen LogP contribution in [0.4, 0.5) is 8.78 Å². The van der Waals surface area contributed by atoms with Crippen molar-refractivity contribution in [3.8, 4) is 11.3 Å². The fourth-order valence-electron chi connectivity index (χ4n) is 1.67. The quantitative estimate of drug-likeness (QED) is 0.876. The van der Waals surface area contributed by atoms with Gasteiger partial charge in [0.05, 0.1) is 5.69 Å². The predicted molar refractivity (Wildman–Crippen MR) is 67.5 cm³/mol. The van der Waals surface area contributed by atoms with Gasteiger partial charge < -0.3 is 5.11 Å². The highest BCUT2D eigenvalue weighted by atomic mass is 32.2. The van der Waals surface area contributed by atoms with E-state index in [2.05, 4.69) is 5.10 Å². The third kappa shape index (κ3) is 3.11. The molecule has 0 aliphatic heterocycles. The molecule has 1 aromatic carbocycles. The average Bonchev–Trinajstić information content (AvgIpc) is 2.71. The number of carboxylic acid groups (broad SMARTS) is 1. The summed E-state index contributed by atoms with van der Waals surface area (Å²) in [6.07, 6.45) is 0. The molecule has 2 rings (SSSR count). The Morgan fingerprint density at radius 1 is 1.42 bits per heavy atom. The molecule has 19 heavy (non-hydrogen) atoms. The number of nitrogens with zero attached hydrogens (tertiary/aromatic N) is 2. The van der Waals surface area contributed by atoms with E-state index in [1.165, 1.54) is 10.7 Å². The van der Waals surface area contributed by atoms with Gasteiger partial charge in [0.2, 0.25) is 0 Å². The first-order valence-electron chi connectivity index (χ1n) is 5.30. The zero-order valence-electron chi connectivity index (χ0n) is 9.88. The van der Waals surface area contributed by atoms with Crippen LogP contribution in [-0.2, 0) is 7.05 Å². The summed E-state index contributed by atoms with van der Waals surface area (Å²) >= 11 is 0.447. The van der Waals surface area contributed by atoms with E-state index < -0.39 is 11.7 Å². The number of rotatable bonds is 4. The molecule has 0 unspecified atom stereocenters. The second-order valence-electron chi connectivity index (χ2n) is 3.75. The highest BCUT2D eigenvalue weighted by Crippen LogP contribution is 2.29. The van der Waals surface area contributed by atoms with E-state index in [1.54, 1.807) is 31.3 Å². The number of halogens is 2. The van der Waals surface area contributed by atoms with Gasteiger partial charge in [-0.1, -0.05) is 23.9 Å². The molecule has 1 aromatic heterocycles. The molecule has 0 amide bonds. The molecule has 1 N–H and O–H groups in total. The zero-order chi connectivity index (χ0) is 14.0. The minimum Gasteiger partial charge on any atom is -0.476 e. The highest BCUT2D eigenvalue weighted by Gasteiger charge is 2.13. The van der Waals surface area contributed by atoms with Crippen molar-refractivity contribution in [2.75, 3.05) is 0 Å². The minimum atomic E-state index is -2.49. The van der Waals surface area contributed by atoms with Gasteiger partial charge in [-0.15, -0.1) is 0 Å². The summed E-state index contributed by atoms with van der Waals surface area (Å²) in [5, 5.41) is 12.7. The van der Waals surface area contributed by atoms with Crippen LogP contribution in [0.5, 0.6) is 0 Å². The van der Waals surface area contributed by atoms with Crippen LogP contribution in [-0.4, -0.2) is 26.6 Å². The number of alkyl halides is 2.